The third-order valence-corrected chi connectivity index (χ3v) is 7.96. The van der Waals surface area contributed by atoms with E-state index in [9.17, 15) is 13.2 Å². The molecule has 0 aromatic heterocycles. The number of benzene rings is 4. The van der Waals surface area contributed by atoms with Crippen molar-refractivity contribution in [2.24, 2.45) is 0 Å². The standard InChI is InChI=1S/C31H32N2O4S/c1-3-37-29-20-19-28(21-24(29)2)38(35,36)33(22-25-13-7-4-8-14-25)23-30(34)32-31(26-15-9-5-10-16-26)27-17-11-6-12-18-27/h4-21,31H,3,22-23H2,1-2H3,(H,32,34). The summed E-state index contributed by atoms with van der Waals surface area (Å²) in [5.74, 6) is 0.234. The minimum Gasteiger partial charge on any atom is -0.494 e. The average Bonchev–Trinajstić information content (AvgIpc) is 2.94. The molecule has 1 N–H and O–H groups in total. The van der Waals surface area contributed by atoms with Crippen molar-refractivity contribution in [1.82, 2.24) is 9.62 Å². The Balaban J connectivity index is 1.64. The Kier molecular flexibility index (Phi) is 8.94. The highest BCUT2D eigenvalue weighted by atomic mass is 32.2. The van der Waals surface area contributed by atoms with Crippen LogP contribution in [0.2, 0.25) is 0 Å². The van der Waals surface area contributed by atoms with Gasteiger partial charge in [0.25, 0.3) is 0 Å². The molecule has 38 heavy (non-hydrogen) atoms. The fraction of sp³-hybridized carbons (Fsp3) is 0.194. The van der Waals surface area contributed by atoms with E-state index < -0.39 is 22.0 Å². The molecule has 0 fully saturated rings. The first-order valence-electron chi connectivity index (χ1n) is 12.5. The third-order valence-electron chi connectivity index (χ3n) is 6.18. The first kappa shape index (κ1) is 27.1. The van der Waals surface area contributed by atoms with Crippen LogP contribution in [0.1, 0.15) is 35.2 Å². The number of nitrogens with one attached hydrogen (secondary N) is 1. The lowest BCUT2D eigenvalue weighted by Crippen LogP contribution is -2.41. The van der Waals surface area contributed by atoms with Crippen LogP contribution in [0.5, 0.6) is 5.75 Å². The molecule has 0 radical (unpaired) electrons. The fourth-order valence-electron chi connectivity index (χ4n) is 4.28. The quantitative estimate of drug-likeness (QED) is 0.279. The van der Waals surface area contributed by atoms with Crippen molar-refractivity contribution in [3.05, 3.63) is 131 Å². The molecule has 196 valence electrons. The van der Waals surface area contributed by atoms with E-state index >= 15 is 0 Å². The summed E-state index contributed by atoms with van der Waals surface area (Å²) in [6.45, 7) is 3.89. The minimum atomic E-state index is -4.00. The summed E-state index contributed by atoms with van der Waals surface area (Å²) in [6.07, 6.45) is 0. The Bertz CT molecular complexity index is 1400. The van der Waals surface area contributed by atoms with E-state index in [1.165, 1.54) is 10.4 Å². The Morgan fingerprint density at radius 1 is 0.842 bits per heavy atom. The lowest BCUT2D eigenvalue weighted by Gasteiger charge is -2.25. The predicted octanol–water partition coefficient (Wildman–Crippen LogP) is 5.49. The maximum absolute atomic E-state index is 13.8. The van der Waals surface area contributed by atoms with Crippen LogP contribution in [0.3, 0.4) is 0 Å². The number of nitrogens with zero attached hydrogens (tertiary/aromatic N) is 1. The van der Waals surface area contributed by atoms with Crippen molar-refractivity contribution in [2.75, 3.05) is 13.2 Å². The van der Waals surface area contributed by atoms with Gasteiger partial charge in [-0.15, -0.1) is 0 Å². The summed E-state index contributed by atoms with van der Waals surface area (Å²) in [7, 11) is -4.00. The predicted molar refractivity (Wildman–Crippen MR) is 149 cm³/mol. The van der Waals surface area contributed by atoms with Crippen LogP contribution < -0.4 is 10.1 Å². The molecule has 0 bridgehead atoms. The van der Waals surface area contributed by atoms with E-state index in [0.717, 1.165) is 16.7 Å². The van der Waals surface area contributed by atoms with Gasteiger partial charge in [-0.05, 0) is 54.3 Å². The van der Waals surface area contributed by atoms with Crippen LogP contribution in [0.4, 0.5) is 0 Å². The van der Waals surface area contributed by atoms with Crippen LogP contribution in [-0.2, 0) is 21.4 Å². The summed E-state index contributed by atoms with van der Waals surface area (Å²) < 4.78 is 34.5. The van der Waals surface area contributed by atoms with Crippen molar-refractivity contribution < 1.29 is 17.9 Å². The highest BCUT2D eigenvalue weighted by molar-refractivity contribution is 7.89. The normalized spacial score (nSPS) is 11.5. The summed E-state index contributed by atoms with van der Waals surface area (Å²) in [5, 5.41) is 3.06. The number of aryl methyl sites for hydroxylation is 1. The largest absolute Gasteiger partial charge is 0.494 e. The first-order chi connectivity index (χ1) is 18.4. The van der Waals surface area contributed by atoms with Gasteiger partial charge in [0.2, 0.25) is 15.9 Å². The molecule has 4 rings (SSSR count). The van der Waals surface area contributed by atoms with Gasteiger partial charge in [0.05, 0.1) is 24.1 Å². The summed E-state index contributed by atoms with van der Waals surface area (Å²) in [6, 6.07) is 32.9. The van der Waals surface area contributed by atoms with Crippen molar-refractivity contribution in [1.29, 1.82) is 0 Å². The molecule has 6 nitrogen and oxygen atoms in total. The maximum atomic E-state index is 13.8. The van der Waals surface area contributed by atoms with Gasteiger partial charge < -0.3 is 10.1 Å². The molecule has 0 aliphatic carbocycles. The van der Waals surface area contributed by atoms with Gasteiger partial charge in [0, 0.05) is 6.54 Å². The molecule has 0 unspecified atom stereocenters. The molecule has 0 heterocycles. The molecule has 0 spiro atoms. The molecular weight excluding hydrogens is 496 g/mol. The molecule has 0 saturated heterocycles. The molecule has 0 atom stereocenters. The van der Waals surface area contributed by atoms with Gasteiger partial charge in [0.1, 0.15) is 5.75 Å². The fourth-order valence-corrected chi connectivity index (χ4v) is 5.75. The zero-order chi connectivity index (χ0) is 27.0. The van der Waals surface area contributed by atoms with Gasteiger partial charge >= 0.3 is 0 Å². The van der Waals surface area contributed by atoms with Crippen LogP contribution in [-0.4, -0.2) is 31.8 Å². The SMILES string of the molecule is CCOc1ccc(S(=O)(=O)N(CC(=O)NC(c2ccccc2)c2ccccc2)Cc2ccccc2)cc1C. The van der Waals surface area contributed by atoms with Crippen molar-refractivity contribution in [3.8, 4) is 5.75 Å². The number of sulfonamides is 1. The van der Waals surface area contributed by atoms with Gasteiger partial charge in [0.15, 0.2) is 0 Å². The Hall–Kier alpha value is -3.94. The Morgan fingerprint density at radius 2 is 1.39 bits per heavy atom. The van der Waals surface area contributed by atoms with E-state index in [1.807, 2.05) is 105 Å². The molecule has 4 aromatic carbocycles. The highest BCUT2D eigenvalue weighted by Crippen LogP contribution is 2.26. The molecule has 0 aliphatic heterocycles. The topological polar surface area (TPSA) is 75.7 Å². The van der Waals surface area contributed by atoms with Crippen LogP contribution in [0.25, 0.3) is 0 Å². The number of hydrogen-bond donors (Lipinski definition) is 1. The van der Waals surface area contributed by atoms with Gasteiger partial charge in [-0.3, -0.25) is 4.79 Å². The average molecular weight is 529 g/mol. The van der Waals surface area contributed by atoms with E-state index in [1.54, 1.807) is 12.1 Å². The second-order valence-corrected chi connectivity index (χ2v) is 10.9. The highest BCUT2D eigenvalue weighted by Gasteiger charge is 2.29. The second-order valence-electron chi connectivity index (χ2n) is 8.94. The lowest BCUT2D eigenvalue weighted by atomic mass is 9.99. The molecule has 0 aliphatic rings. The lowest BCUT2D eigenvalue weighted by molar-refractivity contribution is -0.121. The van der Waals surface area contributed by atoms with Gasteiger partial charge in [-0.2, -0.15) is 4.31 Å². The maximum Gasteiger partial charge on any atom is 0.243 e. The number of carbonyl (C=O) groups is 1. The number of hydrogen-bond acceptors (Lipinski definition) is 4. The van der Waals surface area contributed by atoms with Crippen molar-refractivity contribution in [3.63, 3.8) is 0 Å². The molecule has 4 aromatic rings. The summed E-state index contributed by atoms with van der Waals surface area (Å²) in [5.41, 5.74) is 3.32. The summed E-state index contributed by atoms with van der Waals surface area (Å²) in [4.78, 5) is 13.6. The smallest absolute Gasteiger partial charge is 0.243 e. The van der Waals surface area contributed by atoms with Crippen molar-refractivity contribution in [2.45, 2.75) is 31.3 Å². The molecule has 1 amide bonds. The first-order valence-corrected chi connectivity index (χ1v) is 14.0. The van der Waals surface area contributed by atoms with Crippen molar-refractivity contribution >= 4 is 15.9 Å². The monoisotopic (exact) mass is 528 g/mol. The third kappa shape index (κ3) is 6.68. The van der Waals surface area contributed by atoms with E-state index in [4.69, 9.17) is 4.74 Å². The molecule has 0 saturated carbocycles. The van der Waals surface area contributed by atoms with E-state index in [0.29, 0.717) is 17.9 Å². The number of rotatable bonds is 11. The van der Waals surface area contributed by atoms with E-state index in [-0.39, 0.29) is 18.0 Å². The number of ether oxygens (including phenoxy) is 1. The van der Waals surface area contributed by atoms with Crippen LogP contribution >= 0.6 is 0 Å². The zero-order valence-electron chi connectivity index (χ0n) is 21.6. The van der Waals surface area contributed by atoms with Gasteiger partial charge in [-0.1, -0.05) is 91.0 Å². The molecular formula is C31H32N2O4S. The Morgan fingerprint density at radius 3 is 1.92 bits per heavy atom. The second kappa shape index (κ2) is 12.5. The Labute approximate surface area is 225 Å². The summed E-state index contributed by atoms with van der Waals surface area (Å²) >= 11 is 0. The van der Waals surface area contributed by atoms with Crippen LogP contribution in [0, 0.1) is 6.92 Å². The number of amides is 1. The number of carbonyl (C=O) groups excluding carboxylic acids is 1. The minimum absolute atomic E-state index is 0.0597. The van der Waals surface area contributed by atoms with Gasteiger partial charge in [-0.25, -0.2) is 8.42 Å². The van der Waals surface area contributed by atoms with Crippen LogP contribution in [0.15, 0.2) is 114 Å². The molecule has 7 heteroatoms. The zero-order valence-corrected chi connectivity index (χ0v) is 22.4. The van der Waals surface area contributed by atoms with E-state index in [2.05, 4.69) is 5.32 Å².